The number of nitrogens with zero attached hydrogens (tertiary/aromatic N) is 1. The third kappa shape index (κ3) is 3.84. The van der Waals surface area contributed by atoms with Gasteiger partial charge in [0.1, 0.15) is 29.8 Å². The summed E-state index contributed by atoms with van der Waals surface area (Å²) < 4.78 is 19.7. The van der Waals surface area contributed by atoms with Gasteiger partial charge in [-0.3, -0.25) is 4.79 Å². The van der Waals surface area contributed by atoms with E-state index in [-0.39, 0.29) is 18.0 Å². The Bertz CT molecular complexity index is 1050. The first-order valence-corrected chi connectivity index (χ1v) is 8.58. The number of H-pyrrole nitrogens is 1. The van der Waals surface area contributed by atoms with E-state index in [4.69, 9.17) is 4.74 Å². The van der Waals surface area contributed by atoms with E-state index in [1.165, 1.54) is 12.1 Å². The molecule has 3 rings (SSSR count). The summed E-state index contributed by atoms with van der Waals surface area (Å²) in [5.41, 5.74) is 2.18. The Balaban J connectivity index is 2.03. The molecule has 0 bridgehead atoms. The largest absolute Gasteiger partial charge is 0.488 e. The minimum Gasteiger partial charge on any atom is -0.488 e. The summed E-state index contributed by atoms with van der Waals surface area (Å²) in [6, 6.07) is 15.1. The third-order valence-electron chi connectivity index (χ3n) is 3.82. The number of aryl methyl sites for hydroxylation is 1. The molecule has 26 heavy (non-hydrogen) atoms. The lowest BCUT2D eigenvalue weighted by Crippen LogP contribution is -2.13. The second-order valence-corrected chi connectivity index (χ2v) is 6.65. The fraction of sp³-hybridized carbons (Fsp3) is 0.100. The molecule has 0 amide bonds. The van der Waals surface area contributed by atoms with E-state index in [1.807, 2.05) is 12.1 Å². The number of nitriles is 1. The quantitative estimate of drug-likeness (QED) is 0.674. The van der Waals surface area contributed by atoms with Crippen molar-refractivity contribution in [2.75, 3.05) is 0 Å². The smallest absolute Gasteiger partial charge is 0.266 e. The van der Waals surface area contributed by atoms with Crippen LogP contribution >= 0.6 is 15.9 Å². The van der Waals surface area contributed by atoms with Crippen molar-refractivity contribution in [3.05, 3.63) is 86.0 Å². The molecular weight excluding hydrogens is 399 g/mol. The van der Waals surface area contributed by atoms with Crippen LogP contribution in [0.4, 0.5) is 4.39 Å². The molecular formula is C20H14BrFN2O2. The molecule has 0 fully saturated rings. The van der Waals surface area contributed by atoms with Crippen molar-refractivity contribution in [2.24, 2.45) is 0 Å². The number of ether oxygens (including phenoxy) is 1. The summed E-state index contributed by atoms with van der Waals surface area (Å²) >= 11 is 3.42. The number of halogens is 2. The molecule has 1 heterocycles. The Hall–Kier alpha value is -2.91. The van der Waals surface area contributed by atoms with Gasteiger partial charge in [-0.05, 0) is 48.9 Å². The van der Waals surface area contributed by atoms with Crippen LogP contribution in [-0.4, -0.2) is 4.98 Å². The van der Waals surface area contributed by atoms with Crippen molar-refractivity contribution >= 4 is 15.9 Å². The van der Waals surface area contributed by atoms with Crippen LogP contribution < -0.4 is 10.3 Å². The van der Waals surface area contributed by atoms with E-state index in [1.54, 1.807) is 37.3 Å². The topological polar surface area (TPSA) is 65.9 Å². The van der Waals surface area contributed by atoms with Crippen molar-refractivity contribution < 1.29 is 9.13 Å². The summed E-state index contributed by atoms with van der Waals surface area (Å²) in [6.45, 7) is 1.99. The standard InChI is InChI=1S/C20H14BrFN2O2/c1-12-8-16(18(10-23)20(25)24-12)17-9-14(21)4-7-19(17)26-11-13-2-5-15(22)6-3-13/h2-9H,11H2,1H3,(H,24,25). The second-order valence-electron chi connectivity index (χ2n) is 5.74. The monoisotopic (exact) mass is 412 g/mol. The molecule has 0 aliphatic rings. The first-order valence-electron chi connectivity index (χ1n) is 7.79. The molecule has 0 unspecified atom stereocenters. The molecule has 0 radical (unpaired) electrons. The van der Waals surface area contributed by atoms with Gasteiger partial charge in [0.25, 0.3) is 5.56 Å². The Labute approximate surface area is 158 Å². The van der Waals surface area contributed by atoms with Gasteiger partial charge in [-0.25, -0.2) is 4.39 Å². The first-order chi connectivity index (χ1) is 12.5. The summed E-state index contributed by atoms with van der Waals surface area (Å²) in [7, 11) is 0. The molecule has 6 heteroatoms. The number of pyridine rings is 1. The molecule has 0 saturated carbocycles. The van der Waals surface area contributed by atoms with E-state index >= 15 is 0 Å². The van der Waals surface area contributed by atoms with Gasteiger partial charge in [0, 0.05) is 21.3 Å². The summed E-state index contributed by atoms with van der Waals surface area (Å²) in [6.07, 6.45) is 0. The van der Waals surface area contributed by atoms with Crippen LogP contribution in [0.25, 0.3) is 11.1 Å². The summed E-state index contributed by atoms with van der Waals surface area (Å²) in [5.74, 6) is 0.217. The average molecular weight is 413 g/mol. The van der Waals surface area contributed by atoms with Crippen LogP contribution in [0.5, 0.6) is 5.75 Å². The molecule has 0 saturated heterocycles. The molecule has 0 spiro atoms. The first kappa shape index (κ1) is 17.9. The zero-order valence-corrected chi connectivity index (χ0v) is 15.4. The number of hydrogen-bond donors (Lipinski definition) is 1. The Morgan fingerprint density at radius 2 is 1.88 bits per heavy atom. The molecule has 1 aromatic heterocycles. The molecule has 0 aliphatic heterocycles. The highest BCUT2D eigenvalue weighted by molar-refractivity contribution is 9.10. The lowest BCUT2D eigenvalue weighted by Gasteiger charge is -2.14. The lowest BCUT2D eigenvalue weighted by molar-refractivity contribution is 0.307. The van der Waals surface area contributed by atoms with E-state index in [0.29, 0.717) is 22.6 Å². The van der Waals surface area contributed by atoms with Crippen LogP contribution in [0.1, 0.15) is 16.8 Å². The fourth-order valence-corrected chi connectivity index (χ4v) is 2.95. The predicted octanol–water partition coefficient (Wildman–Crippen LogP) is 4.70. The Morgan fingerprint density at radius 1 is 1.15 bits per heavy atom. The maximum Gasteiger partial charge on any atom is 0.266 e. The van der Waals surface area contributed by atoms with Crippen molar-refractivity contribution in [3.8, 4) is 22.9 Å². The maximum atomic E-state index is 13.0. The average Bonchev–Trinajstić information content (AvgIpc) is 2.61. The SMILES string of the molecule is Cc1cc(-c2cc(Br)ccc2OCc2ccc(F)cc2)c(C#N)c(=O)[nH]1. The summed E-state index contributed by atoms with van der Waals surface area (Å²) in [4.78, 5) is 14.7. The van der Waals surface area contributed by atoms with E-state index in [2.05, 4.69) is 20.9 Å². The van der Waals surface area contributed by atoms with Gasteiger partial charge in [-0.1, -0.05) is 28.1 Å². The zero-order valence-electron chi connectivity index (χ0n) is 13.8. The highest BCUT2D eigenvalue weighted by Crippen LogP contribution is 2.34. The number of hydrogen-bond acceptors (Lipinski definition) is 3. The minimum absolute atomic E-state index is 0.0281. The maximum absolute atomic E-state index is 13.0. The minimum atomic E-state index is -0.438. The molecule has 4 nitrogen and oxygen atoms in total. The predicted molar refractivity (Wildman–Crippen MR) is 100 cm³/mol. The van der Waals surface area contributed by atoms with Gasteiger partial charge in [0.2, 0.25) is 0 Å². The molecule has 3 aromatic rings. The Kier molecular flexibility index (Phi) is 5.19. The van der Waals surface area contributed by atoms with E-state index < -0.39 is 5.56 Å². The van der Waals surface area contributed by atoms with Gasteiger partial charge in [0.15, 0.2) is 0 Å². The number of aromatic amines is 1. The normalized spacial score (nSPS) is 10.4. The zero-order chi connectivity index (χ0) is 18.7. The van der Waals surface area contributed by atoms with Crippen molar-refractivity contribution in [3.63, 3.8) is 0 Å². The van der Waals surface area contributed by atoms with Gasteiger partial charge in [-0.2, -0.15) is 5.26 Å². The third-order valence-corrected chi connectivity index (χ3v) is 4.31. The lowest BCUT2D eigenvalue weighted by atomic mass is 10.00. The number of aromatic nitrogens is 1. The van der Waals surface area contributed by atoms with Crippen LogP contribution in [0.15, 0.2) is 57.8 Å². The van der Waals surface area contributed by atoms with Crippen LogP contribution in [0.3, 0.4) is 0 Å². The van der Waals surface area contributed by atoms with Crippen molar-refractivity contribution in [1.82, 2.24) is 4.98 Å². The van der Waals surface area contributed by atoms with Gasteiger partial charge >= 0.3 is 0 Å². The molecule has 0 atom stereocenters. The molecule has 1 N–H and O–H groups in total. The number of rotatable bonds is 4. The van der Waals surface area contributed by atoms with Crippen LogP contribution in [0.2, 0.25) is 0 Å². The summed E-state index contributed by atoms with van der Waals surface area (Å²) in [5, 5.41) is 9.39. The van der Waals surface area contributed by atoms with Gasteiger partial charge in [0.05, 0.1) is 0 Å². The van der Waals surface area contributed by atoms with Crippen molar-refractivity contribution in [1.29, 1.82) is 5.26 Å². The molecule has 0 aliphatic carbocycles. The number of nitrogens with one attached hydrogen (secondary N) is 1. The Morgan fingerprint density at radius 3 is 2.58 bits per heavy atom. The second kappa shape index (κ2) is 7.54. The number of benzene rings is 2. The molecule has 2 aromatic carbocycles. The highest BCUT2D eigenvalue weighted by Gasteiger charge is 2.15. The van der Waals surface area contributed by atoms with Gasteiger partial charge < -0.3 is 9.72 Å². The molecule has 130 valence electrons. The van der Waals surface area contributed by atoms with Crippen LogP contribution in [-0.2, 0) is 6.61 Å². The van der Waals surface area contributed by atoms with E-state index in [0.717, 1.165) is 10.0 Å². The fourth-order valence-electron chi connectivity index (χ4n) is 2.59. The van der Waals surface area contributed by atoms with E-state index in [9.17, 15) is 14.4 Å². The highest BCUT2D eigenvalue weighted by atomic mass is 79.9. The van der Waals surface area contributed by atoms with Crippen LogP contribution in [0, 0.1) is 24.1 Å². The van der Waals surface area contributed by atoms with Crippen molar-refractivity contribution in [2.45, 2.75) is 13.5 Å². The van der Waals surface area contributed by atoms with Gasteiger partial charge in [-0.15, -0.1) is 0 Å².